The van der Waals surface area contributed by atoms with Crippen molar-refractivity contribution in [3.05, 3.63) is 96.1 Å². The summed E-state index contributed by atoms with van der Waals surface area (Å²) in [5.41, 5.74) is 3.14. The molecule has 0 aliphatic heterocycles. The molecule has 4 rings (SSSR count). The lowest BCUT2D eigenvalue weighted by Gasteiger charge is -2.26. The van der Waals surface area contributed by atoms with Crippen LogP contribution in [0.15, 0.2) is 84.9 Å². The van der Waals surface area contributed by atoms with Gasteiger partial charge >= 0.3 is 6.03 Å². The number of thiazole rings is 1. The van der Waals surface area contributed by atoms with Crippen LogP contribution >= 0.6 is 11.3 Å². The van der Waals surface area contributed by atoms with Gasteiger partial charge in [-0.25, -0.2) is 14.5 Å². The number of fused-ring (bicyclic) bond motifs is 1. The molecular weight excluding hydrogens is 506 g/mol. The molecule has 2 amide bonds. The van der Waals surface area contributed by atoms with Gasteiger partial charge < -0.3 is 4.90 Å². The monoisotopic (exact) mass is 537 g/mol. The summed E-state index contributed by atoms with van der Waals surface area (Å²) in [5.74, 6) is 0.0821. The highest BCUT2D eigenvalue weighted by Gasteiger charge is 2.21. The number of nitrogens with zero attached hydrogens (tertiary/aromatic N) is 3. The molecule has 0 unspecified atom stereocenters. The third-order valence-electron chi connectivity index (χ3n) is 6.03. The number of urea groups is 1. The maximum Gasteiger partial charge on any atom is 0.323 e. The van der Waals surface area contributed by atoms with Crippen LogP contribution in [0.3, 0.4) is 0 Å². The van der Waals surface area contributed by atoms with E-state index >= 15 is 0 Å². The second kappa shape index (κ2) is 12.3. The van der Waals surface area contributed by atoms with Crippen LogP contribution in [0.2, 0.25) is 0 Å². The van der Waals surface area contributed by atoms with Crippen LogP contribution in [-0.2, 0) is 10.2 Å². The van der Waals surface area contributed by atoms with Gasteiger partial charge in [0.15, 0.2) is 5.13 Å². The lowest BCUT2D eigenvalue weighted by Crippen LogP contribution is -2.44. The van der Waals surface area contributed by atoms with Gasteiger partial charge in [0, 0.05) is 39.6 Å². The second-order valence-corrected chi connectivity index (χ2v) is 11.7. The van der Waals surface area contributed by atoms with E-state index in [9.17, 15) is 13.2 Å². The zero-order valence-corrected chi connectivity index (χ0v) is 22.5. The van der Waals surface area contributed by atoms with Crippen molar-refractivity contribution in [2.45, 2.75) is 12.3 Å². The summed E-state index contributed by atoms with van der Waals surface area (Å²) in [7, 11) is -0.673. The molecule has 37 heavy (non-hydrogen) atoms. The van der Waals surface area contributed by atoms with Crippen LogP contribution in [0, 0.1) is 0 Å². The SMILES string of the molecule is CN(C)S(=O)(=O)NCCN(CCC(c1ccccc1)c1ccccc1)C(=O)Nc1nc2ccccc2s1. The molecule has 0 fully saturated rings. The Morgan fingerprint density at radius 1 is 0.892 bits per heavy atom. The zero-order chi connectivity index (χ0) is 26.3. The molecule has 0 saturated carbocycles. The van der Waals surface area contributed by atoms with E-state index in [1.54, 1.807) is 4.90 Å². The summed E-state index contributed by atoms with van der Waals surface area (Å²) in [6, 6.07) is 27.8. The first-order valence-corrected chi connectivity index (χ1v) is 14.3. The van der Waals surface area contributed by atoms with Gasteiger partial charge in [-0.1, -0.05) is 84.1 Å². The standard InChI is InChI=1S/C27H31N5O3S2/c1-31(2)37(34,35)28-18-20-32(27(33)30-26-29-24-15-9-10-16-25(24)36-26)19-17-23(21-11-5-3-6-12-21)22-13-7-4-8-14-22/h3-16,23,28H,17-20H2,1-2H3,(H,29,30,33). The fraction of sp³-hybridized carbons (Fsp3) is 0.259. The Morgan fingerprint density at radius 3 is 2.08 bits per heavy atom. The smallest absolute Gasteiger partial charge is 0.323 e. The highest BCUT2D eigenvalue weighted by molar-refractivity contribution is 7.87. The van der Waals surface area contributed by atoms with Crippen molar-refractivity contribution in [2.75, 3.05) is 39.0 Å². The molecule has 0 radical (unpaired) electrons. The Hall–Kier alpha value is -3.31. The van der Waals surface area contributed by atoms with Gasteiger partial charge in [0.1, 0.15) is 0 Å². The van der Waals surface area contributed by atoms with Crippen molar-refractivity contribution < 1.29 is 13.2 Å². The molecule has 0 spiro atoms. The summed E-state index contributed by atoms with van der Waals surface area (Å²) < 4.78 is 29.0. The molecular formula is C27H31N5O3S2. The number of para-hydroxylation sites is 1. The molecule has 0 aliphatic carbocycles. The molecule has 2 N–H and O–H groups in total. The number of benzene rings is 3. The number of amides is 2. The minimum atomic E-state index is -3.60. The molecule has 4 aromatic rings. The first kappa shape index (κ1) is 26.7. The number of anilines is 1. The Kier molecular flexibility index (Phi) is 8.88. The molecule has 0 saturated heterocycles. The van der Waals surface area contributed by atoms with E-state index in [0.717, 1.165) is 25.6 Å². The second-order valence-electron chi connectivity index (χ2n) is 8.75. The van der Waals surface area contributed by atoms with Crippen LogP contribution in [0.4, 0.5) is 9.93 Å². The van der Waals surface area contributed by atoms with E-state index in [4.69, 9.17) is 0 Å². The molecule has 0 atom stereocenters. The number of aromatic nitrogens is 1. The van der Waals surface area contributed by atoms with Crippen LogP contribution < -0.4 is 10.0 Å². The van der Waals surface area contributed by atoms with Crippen molar-refractivity contribution in [1.82, 2.24) is 18.9 Å². The van der Waals surface area contributed by atoms with E-state index in [0.29, 0.717) is 18.1 Å². The predicted octanol–water partition coefficient (Wildman–Crippen LogP) is 4.75. The topological polar surface area (TPSA) is 94.6 Å². The van der Waals surface area contributed by atoms with Crippen molar-refractivity contribution in [2.24, 2.45) is 0 Å². The van der Waals surface area contributed by atoms with E-state index < -0.39 is 10.2 Å². The van der Waals surface area contributed by atoms with Gasteiger partial charge in [-0.2, -0.15) is 12.7 Å². The highest BCUT2D eigenvalue weighted by Crippen LogP contribution is 2.29. The van der Waals surface area contributed by atoms with E-state index in [-0.39, 0.29) is 25.0 Å². The maximum absolute atomic E-state index is 13.4. The van der Waals surface area contributed by atoms with E-state index in [1.807, 2.05) is 60.7 Å². The normalized spacial score (nSPS) is 11.8. The molecule has 0 bridgehead atoms. The largest absolute Gasteiger partial charge is 0.323 e. The predicted molar refractivity (Wildman–Crippen MR) is 150 cm³/mol. The quantitative estimate of drug-likeness (QED) is 0.289. The van der Waals surface area contributed by atoms with Crippen LogP contribution in [-0.4, -0.2) is 62.4 Å². The average Bonchev–Trinajstić information content (AvgIpc) is 3.31. The Morgan fingerprint density at radius 2 is 1.49 bits per heavy atom. The summed E-state index contributed by atoms with van der Waals surface area (Å²) in [5, 5.41) is 3.42. The first-order chi connectivity index (χ1) is 17.8. The number of hydrogen-bond donors (Lipinski definition) is 2. The van der Waals surface area contributed by atoms with Crippen LogP contribution in [0.1, 0.15) is 23.5 Å². The average molecular weight is 538 g/mol. The number of carbonyl (C=O) groups excluding carboxylic acids is 1. The Bertz CT molecular complexity index is 1340. The van der Waals surface area contributed by atoms with Gasteiger partial charge in [-0.05, 0) is 29.7 Å². The van der Waals surface area contributed by atoms with Crippen LogP contribution in [0.25, 0.3) is 10.2 Å². The number of nitrogens with one attached hydrogen (secondary N) is 2. The molecule has 0 aliphatic rings. The van der Waals surface area contributed by atoms with Gasteiger partial charge in [0.2, 0.25) is 0 Å². The molecule has 3 aromatic carbocycles. The molecule has 1 heterocycles. The number of carbonyl (C=O) groups is 1. The van der Waals surface area contributed by atoms with Crippen molar-refractivity contribution in [1.29, 1.82) is 0 Å². The fourth-order valence-corrected chi connectivity index (χ4v) is 5.49. The fourth-order valence-electron chi connectivity index (χ4n) is 4.03. The number of rotatable bonds is 11. The lowest BCUT2D eigenvalue weighted by atomic mass is 9.88. The Labute approximate surface area is 222 Å². The minimum Gasteiger partial charge on any atom is -0.323 e. The summed E-state index contributed by atoms with van der Waals surface area (Å²) in [6.45, 7) is 0.726. The van der Waals surface area contributed by atoms with Gasteiger partial charge in [0.05, 0.1) is 10.2 Å². The number of hydrogen-bond acceptors (Lipinski definition) is 5. The van der Waals surface area contributed by atoms with Gasteiger partial charge in [-0.15, -0.1) is 0 Å². The first-order valence-electron chi connectivity index (χ1n) is 12.0. The highest BCUT2D eigenvalue weighted by atomic mass is 32.2. The van der Waals surface area contributed by atoms with E-state index in [1.165, 1.54) is 25.4 Å². The summed E-state index contributed by atoms with van der Waals surface area (Å²) in [6.07, 6.45) is 0.668. The Balaban J connectivity index is 1.52. The van der Waals surface area contributed by atoms with Gasteiger partial charge in [-0.3, -0.25) is 5.32 Å². The van der Waals surface area contributed by atoms with E-state index in [2.05, 4.69) is 39.3 Å². The zero-order valence-electron chi connectivity index (χ0n) is 20.9. The van der Waals surface area contributed by atoms with Gasteiger partial charge in [0.25, 0.3) is 10.2 Å². The van der Waals surface area contributed by atoms with Crippen molar-refractivity contribution >= 4 is 42.9 Å². The van der Waals surface area contributed by atoms with Crippen molar-refractivity contribution in [3.63, 3.8) is 0 Å². The lowest BCUT2D eigenvalue weighted by molar-refractivity contribution is 0.211. The molecule has 194 valence electrons. The van der Waals surface area contributed by atoms with Crippen LogP contribution in [0.5, 0.6) is 0 Å². The molecule has 1 aromatic heterocycles. The maximum atomic E-state index is 13.4. The summed E-state index contributed by atoms with van der Waals surface area (Å²) in [4.78, 5) is 19.5. The van der Waals surface area contributed by atoms with Crippen molar-refractivity contribution in [3.8, 4) is 0 Å². The molecule has 10 heteroatoms. The third kappa shape index (κ3) is 7.14. The third-order valence-corrected chi connectivity index (χ3v) is 8.52. The molecule has 8 nitrogen and oxygen atoms in total. The summed E-state index contributed by atoms with van der Waals surface area (Å²) >= 11 is 1.41. The minimum absolute atomic E-state index is 0.0821.